The lowest BCUT2D eigenvalue weighted by Gasteiger charge is -2.24. The average molecular weight is 295 g/mol. The van der Waals surface area contributed by atoms with Gasteiger partial charge in [0.1, 0.15) is 11.4 Å². The molecule has 1 aromatic carbocycles. The van der Waals surface area contributed by atoms with Crippen LogP contribution in [0, 0.1) is 0 Å². The molecule has 1 aliphatic rings. The van der Waals surface area contributed by atoms with Gasteiger partial charge in [-0.1, -0.05) is 42.5 Å². The summed E-state index contributed by atoms with van der Waals surface area (Å²) in [6.07, 6.45) is 0.542. The Balaban J connectivity index is 1.96. The zero-order valence-corrected chi connectivity index (χ0v) is 12.5. The summed E-state index contributed by atoms with van der Waals surface area (Å²) in [4.78, 5) is 13.0. The van der Waals surface area contributed by atoms with Crippen molar-refractivity contribution in [3.8, 4) is 0 Å². The van der Waals surface area contributed by atoms with Gasteiger partial charge in [-0.05, 0) is 12.5 Å². The predicted molar refractivity (Wildman–Crippen MR) is 82.3 cm³/mol. The standard InChI is InChI=1S/C14H17NO2S2/c1-14(9-12(18)15-7-8-19-14)13(16)17-10-11-5-3-2-4-6-11/h2-6H,7-10H2,1H3,(H,15,18)/t14-/m1/s1. The highest BCUT2D eigenvalue weighted by Crippen LogP contribution is 2.32. The molecule has 1 aliphatic heterocycles. The van der Waals surface area contributed by atoms with Crippen LogP contribution < -0.4 is 5.32 Å². The summed E-state index contributed by atoms with van der Waals surface area (Å²) in [6, 6.07) is 9.70. The van der Waals surface area contributed by atoms with Gasteiger partial charge in [0, 0.05) is 18.7 Å². The Bertz CT molecular complexity index is 464. The number of ether oxygens (including phenoxy) is 1. The number of carbonyl (C=O) groups excluding carboxylic acids is 1. The minimum absolute atomic E-state index is 0.188. The second-order valence-electron chi connectivity index (χ2n) is 4.67. The lowest BCUT2D eigenvalue weighted by molar-refractivity contribution is -0.147. The molecular weight excluding hydrogens is 278 g/mol. The molecule has 102 valence electrons. The Hall–Kier alpha value is -1.07. The van der Waals surface area contributed by atoms with Gasteiger partial charge in [0.05, 0.1) is 4.99 Å². The minimum atomic E-state index is -0.574. The Labute approximate surface area is 123 Å². The van der Waals surface area contributed by atoms with Gasteiger partial charge in [0.15, 0.2) is 0 Å². The van der Waals surface area contributed by atoms with Crippen molar-refractivity contribution in [2.75, 3.05) is 12.3 Å². The van der Waals surface area contributed by atoms with Crippen LogP contribution in [0.2, 0.25) is 0 Å². The molecular formula is C14H17NO2S2. The first-order valence-corrected chi connectivity index (χ1v) is 7.61. The average Bonchev–Trinajstić information content (AvgIpc) is 2.59. The number of esters is 1. The zero-order chi connectivity index (χ0) is 13.7. The molecule has 3 nitrogen and oxygen atoms in total. The Morgan fingerprint density at radius 2 is 2.21 bits per heavy atom. The van der Waals surface area contributed by atoms with Gasteiger partial charge in [-0.25, -0.2) is 0 Å². The van der Waals surface area contributed by atoms with Gasteiger partial charge in [0.25, 0.3) is 0 Å². The quantitative estimate of drug-likeness (QED) is 0.685. The molecule has 1 atom stereocenters. The van der Waals surface area contributed by atoms with E-state index in [1.807, 2.05) is 37.3 Å². The summed E-state index contributed by atoms with van der Waals surface area (Å²) in [7, 11) is 0. The van der Waals surface area contributed by atoms with E-state index < -0.39 is 4.75 Å². The third-order valence-electron chi connectivity index (χ3n) is 2.99. The fourth-order valence-corrected chi connectivity index (χ4v) is 3.45. The molecule has 19 heavy (non-hydrogen) atoms. The highest BCUT2D eigenvalue weighted by Gasteiger charge is 2.37. The van der Waals surface area contributed by atoms with Crippen LogP contribution in [0.15, 0.2) is 30.3 Å². The van der Waals surface area contributed by atoms with Crippen LogP contribution in [0.4, 0.5) is 0 Å². The molecule has 1 heterocycles. The predicted octanol–water partition coefficient (Wildman–Crippen LogP) is 2.54. The second kappa shape index (κ2) is 6.39. The third-order valence-corrected chi connectivity index (χ3v) is 4.63. The second-order valence-corrected chi connectivity index (χ2v) is 6.76. The first-order chi connectivity index (χ1) is 9.10. The zero-order valence-electron chi connectivity index (χ0n) is 10.8. The molecule has 0 radical (unpaired) electrons. The van der Waals surface area contributed by atoms with E-state index in [2.05, 4.69) is 5.32 Å². The van der Waals surface area contributed by atoms with Crippen molar-refractivity contribution < 1.29 is 9.53 Å². The van der Waals surface area contributed by atoms with Crippen molar-refractivity contribution in [3.05, 3.63) is 35.9 Å². The lowest BCUT2D eigenvalue weighted by Crippen LogP contribution is -2.36. The van der Waals surface area contributed by atoms with Gasteiger partial charge >= 0.3 is 5.97 Å². The molecule has 0 unspecified atom stereocenters. The molecule has 0 bridgehead atoms. The molecule has 1 N–H and O–H groups in total. The Kier molecular flexibility index (Phi) is 4.82. The fourth-order valence-electron chi connectivity index (χ4n) is 1.89. The monoisotopic (exact) mass is 295 g/mol. The molecule has 1 aromatic rings. The molecule has 2 rings (SSSR count). The normalized spacial score (nSPS) is 23.3. The van der Waals surface area contributed by atoms with Crippen LogP contribution >= 0.6 is 24.0 Å². The maximum atomic E-state index is 12.3. The number of hydrogen-bond donors (Lipinski definition) is 1. The lowest BCUT2D eigenvalue weighted by atomic mass is 10.1. The van der Waals surface area contributed by atoms with Crippen molar-refractivity contribution >= 4 is 34.9 Å². The molecule has 1 fully saturated rings. The number of carbonyl (C=O) groups is 1. The first-order valence-electron chi connectivity index (χ1n) is 6.22. The highest BCUT2D eigenvalue weighted by molar-refractivity contribution is 8.01. The molecule has 0 saturated carbocycles. The number of nitrogens with one attached hydrogen (secondary N) is 1. The van der Waals surface area contributed by atoms with Crippen LogP contribution in [0.1, 0.15) is 18.9 Å². The van der Waals surface area contributed by atoms with Crippen LogP contribution in [0.25, 0.3) is 0 Å². The number of thiocarbonyl (C=S) groups is 1. The molecule has 0 spiro atoms. The van der Waals surface area contributed by atoms with Gasteiger partial charge in [-0.15, -0.1) is 11.8 Å². The molecule has 5 heteroatoms. The summed E-state index contributed by atoms with van der Waals surface area (Å²) in [5.74, 6) is 0.671. The van der Waals surface area contributed by atoms with E-state index in [1.165, 1.54) is 0 Å². The summed E-state index contributed by atoms with van der Waals surface area (Å²) < 4.78 is 4.85. The van der Waals surface area contributed by atoms with E-state index in [4.69, 9.17) is 17.0 Å². The molecule has 0 amide bonds. The fraction of sp³-hybridized carbons (Fsp3) is 0.429. The van der Waals surface area contributed by atoms with Crippen molar-refractivity contribution in [1.29, 1.82) is 0 Å². The van der Waals surface area contributed by atoms with Crippen LogP contribution in [0.3, 0.4) is 0 Å². The summed E-state index contributed by atoms with van der Waals surface area (Å²) in [6.45, 7) is 3.03. The van der Waals surface area contributed by atoms with Crippen molar-refractivity contribution in [3.63, 3.8) is 0 Å². The van der Waals surface area contributed by atoms with E-state index >= 15 is 0 Å². The third kappa shape index (κ3) is 3.94. The van der Waals surface area contributed by atoms with E-state index in [-0.39, 0.29) is 5.97 Å². The van der Waals surface area contributed by atoms with Crippen LogP contribution in [-0.2, 0) is 16.1 Å². The van der Waals surface area contributed by atoms with E-state index in [1.54, 1.807) is 11.8 Å². The van der Waals surface area contributed by atoms with E-state index in [0.717, 1.165) is 22.8 Å². The minimum Gasteiger partial charge on any atom is -0.460 e. The SMILES string of the molecule is C[C@]1(C(=O)OCc2ccccc2)CC(=S)NCCS1. The van der Waals surface area contributed by atoms with Crippen molar-refractivity contribution in [2.45, 2.75) is 24.7 Å². The van der Waals surface area contributed by atoms with Crippen LogP contribution in [-0.4, -0.2) is 28.0 Å². The summed E-state index contributed by atoms with van der Waals surface area (Å²) >= 11 is 6.81. The number of hydrogen-bond acceptors (Lipinski definition) is 4. The van der Waals surface area contributed by atoms with E-state index in [9.17, 15) is 4.79 Å². The topological polar surface area (TPSA) is 38.3 Å². The number of benzene rings is 1. The highest BCUT2D eigenvalue weighted by atomic mass is 32.2. The number of thioether (sulfide) groups is 1. The van der Waals surface area contributed by atoms with Gasteiger partial charge < -0.3 is 10.1 Å². The number of rotatable bonds is 3. The van der Waals surface area contributed by atoms with E-state index in [0.29, 0.717) is 13.0 Å². The molecule has 1 saturated heterocycles. The van der Waals surface area contributed by atoms with Gasteiger partial charge in [-0.3, -0.25) is 4.79 Å². The maximum absolute atomic E-state index is 12.3. The van der Waals surface area contributed by atoms with Crippen molar-refractivity contribution in [1.82, 2.24) is 5.32 Å². The Morgan fingerprint density at radius 3 is 2.95 bits per heavy atom. The molecule has 0 aliphatic carbocycles. The summed E-state index contributed by atoms with van der Waals surface area (Å²) in [5, 5.41) is 3.13. The Morgan fingerprint density at radius 1 is 1.47 bits per heavy atom. The molecule has 0 aromatic heterocycles. The van der Waals surface area contributed by atoms with Crippen LogP contribution in [0.5, 0.6) is 0 Å². The smallest absolute Gasteiger partial charge is 0.322 e. The summed E-state index contributed by atoms with van der Waals surface area (Å²) in [5.41, 5.74) is 0.999. The van der Waals surface area contributed by atoms with Crippen molar-refractivity contribution in [2.24, 2.45) is 0 Å². The van der Waals surface area contributed by atoms with Gasteiger partial charge in [-0.2, -0.15) is 0 Å². The maximum Gasteiger partial charge on any atom is 0.322 e. The first kappa shape index (κ1) is 14.3. The van der Waals surface area contributed by atoms with Gasteiger partial charge in [0.2, 0.25) is 0 Å². The largest absolute Gasteiger partial charge is 0.460 e.